The molecule has 1 saturated heterocycles. The molecule has 0 amide bonds. The smallest absolute Gasteiger partial charge is 0.129 e. The summed E-state index contributed by atoms with van der Waals surface area (Å²) < 4.78 is 0. The Morgan fingerprint density at radius 1 is 0.621 bits per heavy atom. The molecule has 1 heterocycles. The largest absolute Gasteiger partial charge is 0.358 e. The Bertz CT molecular complexity index is 796. The molecular formula is C24H32N2NiS2. The monoisotopic (exact) mass is 470 g/mol. The van der Waals surface area contributed by atoms with Crippen LogP contribution < -0.4 is 0 Å². The van der Waals surface area contributed by atoms with E-state index >= 15 is 0 Å². The first-order chi connectivity index (χ1) is 12.3. The van der Waals surface area contributed by atoms with Crippen LogP contribution in [0.15, 0.2) is 34.3 Å². The Hall–Kier alpha value is -1.16. The summed E-state index contributed by atoms with van der Waals surface area (Å²) in [6, 6.07) is 8.83. The van der Waals surface area contributed by atoms with Crippen molar-refractivity contribution in [1.29, 1.82) is 0 Å². The molecule has 0 aliphatic carbocycles. The topological polar surface area (TPSA) is 24.7 Å². The number of thioether (sulfide) groups is 2. The van der Waals surface area contributed by atoms with Crippen LogP contribution in [-0.2, 0) is 16.5 Å². The summed E-state index contributed by atoms with van der Waals surface area (Å²) in [5.74, 6) is 2.16. The van der Waals surface area contributed by atoms with E-state index in [2.05, 4.69) is 65.8 Å². The second-order valence-corrected chi connectivity index (χ2v) is 9.19. The fourth-order valence-electron chi connectivity index (χ4n) is 3.46. The van der Waals surface area contributed by atoms with E-state index in [-0.39, 0.29) is 31.3 Å². The van der Waals surface area contributed by atoms with Crippen molar-refractivity contribution in [2.24, 2.45) is 9.98 Å². The van der Waals surface area contributed by atoms with Crippen LogP contribution >= 0.6 is 23.5 Å². The Labute approximate surface area is 196 Å². The van der Waals surface area contributed by atoms with Crippen LogP contribution in [0.1, 0.15) is 33.4 Å². The molecule has 3 rings (SSSR count). The maximum absolute atomic E-state index is 5.04. The minimum atomic E-state index is 0. The van der Waals surface area contributed by atoms with Crippen molar-refractivity contribution in [1.82, 2.24) is 0 Å². The minimum absolute atomic E-state index is 0. The Balaban J connectivity index is 0.00000261. The van der Waals surface area contributed by atoms with Crippen molar-refractivity contribution in [2.75, 3.05) is 11.5 Å². The molecule has 29 heavy (non-hydrogen) atoms. The van der Waals surface area contributed by atoms with Crippen LogP contribution in [0.2, 0.25) is 0 Å². The Kier molecular flexibility index (Phi) is 11.4. The second kappa shape index (κ2) is 11.9. The normalized spacial score (nSPS) is 16.1. The number of aliphatic imine (C=N–C) groups is 2. The average molecular weight is 471 g/mol. The molecule has 5 heteroatoms. The first-order valence-electron chi connectivity index (χ1n) is 8.94. The summed E-state index contributed by atoms with van der Waals surface area (Å²) in [6.45, 7) is 12.8. The third-order valence-corrected chi connectivity index (χ3v) is 6.76. The van der Waals surface area contributed by atoms with E-state index in [1.165, 1.54) is 33.4 Å². The zero-order valence-corrected chi connectivity index (χ0v) is 21.4. The summed E-state index contributed by atoms with van der Waals surface area (Å²) in [5.41, 5.74) is 9.67. The molecule has 2 aromatic rings. The van der Waals surface area contributed by atoms with E-state index in [9.17, 15) is 0 Å². The second-order valence-electron chi connectivity index (χ2n) is 7.03. The standard InChI is InChI=1S/C22H26N2S2.2CH3.Ni/c1-13-9-15(3)19(16(4)10-13)23-21-22(26-8-7-25-21)24-20-17(5)11-14(2)12-18(20)6;;;/h9-12H,7-8H2,1-6H3;2*1H3;/q;-1;+1;. The van der Waals surface area contributed by atoms with Crippen LogP contribution in [0, 0.1) is 56.4 Å². The molecule has 0 saturated carbocycles. The van der Waals surface area contributed by atoms with Crippen molar-refractivity contribution in [3.63, 3.8) is 0 Å². The van der Waals surface area contributed by atoms with E-state index in [0.717, 1.165) is 33.0 Å². The summed E-state index contributed by atoms with van der Waals surface area (Å²) in [6.07, 6.45) is 0. The molecule has 0 N–H and O–H groups in total. The van der Waals surface area contributed by atoms with Gasteiger partial charge in [0.05, 0.1) is 11.4 Å². The third-order valence-electron chi connectivity index (χ3n) is 4.44. The van der Waals surface area contributed by atoms with Crippen molar-refractivity contribution < 1.29 is 16.5 Å². The van der Waals surface area contributed by atoms with Gasteiger partial charge in [0, 0.05) is 35.4 Å². The molecule has 1 aliphatic heterocycles. The fourth-order valence-corrected chi connectivity index (χ4v) is 5.52. The summed E-state index contributed by atoms with van der Waals surface area (Å²) in [4.78, 5) is 10.1. The molecule has 2 aromatic carbocycles. The molecule has 0 bridgehead atoms. The van der Waals surface area contributed by atoms with Gasteiger partial charge < -0.3 is 7.43 Å². The van der Waals surface area contributed by atoms with Gasteiger partial charge in [0.25, 0.3) is 0 Å². The average Bonchev–Trinajstić information content (AvgIpc) is 2.55. The van der Waals surface area contributed by atoms with Gasteiger partial charge in [-0.1, -0.05) is 35.4 Å². The summed E-state index contributed by atoms with van der Waals surface area (Å²) in [5, 5.41) is 2.10. The fraction of sp³-hybridized carbons (Fsp3) is 0.333. The Morgan fingerprint density at radius 3 is 1.17 bits per heavy atom. The molecule has 1 aliphatic rings. The number of aryl methyl sites for hydroxylation is 6. The van der Waals surface area contributed by atoms with Crippen molar-refractivity contribution in [3.05, 3.63) is 72.5 Å². The van der Waals surface area contributed by atoms with Gasteiger partial charge in [-0.2, -0.15) is 0 Å². The van der Waals surface area contributed by atoms with E-state index in [0.29, 0.717) is 0 Å². The predicted octanol–water partition coefficient (Wildman–Crippen LogP) is 7.68. The molecule has 0 atom stereocenters. The van der Waals surface area contributed by atoms with Gasteiger partial charge in [0.2, 0.25) is 0 Å². The van der Waals surface area contributed by atoms with Crippen molar-refractivity contribution in [3.8, 4) is 0 Å². The van der Waals surface area contributed by atoms with E-state index in [4.69, 9.17) is 9.98 Å². The van der Waals surface area contributed by atoms with Gasteiger partial charge in [0.15, 0.2) is 0 Å². The van der Waals surface area contributed by atoms with E-state index < -0.39 is 0 Å². The van der Waals surface area contributed by atoms with Crippen LogP contribution in [0.5, 0.6) is 0 Å². The predicted molar refractivity (Wildman–Crippen MR) is 133 cm³/mol. The maximum atomic E-state index is 5.04. The molecule has 0 radical (unpaired) electrons. The van der Waals surface area contributed by atoms with E-state index in [1.54, 1.807) is 0 Å². The Morgan fingerprint density at radius 2 is 0.897 bits per heavy atom. The number of hydrogen-bond donors (Lipinski definition) is 0. The minimum Gasteiger partial charge on any atom is -0.358 e. The molecule has 0 spiro atoms. The van der Waals surface area contributed by atoms with Gasteiger partial charge in [-0.25, -0.2) is 9.98 Å². The molecular weight excluding hydrogens is 439 g/mol. The van der Waals surface area contributed by atoms with E-state index in [1.807, 2.05) is 23.5 Å². The zero-order valence-electron chi connectivity index (χ0n) is 18.8. The van der Waals surface area contributed by atoms with Crippen LogP contribution in [-0.4, -0.2) is 21.6 Å². The summed E-state index contributed by atoms with van der Waals surface area (Å²) in [7, 11) is 0. The van der Waals surface area contributed by atoms with Gasteiger partial charge in [0.1, 0.15) is 10.1 Å². The van der Waals surface area contributed by atoms with Crippen LogP contribution in [0.3, 0.4) is 0 Å². The first-order valence-corrected chi connectivity index (χ1v) is 10.9. The SMILES string of the molecule is Cc1cc(C)c(N=C2SCCSC2=Nc2c(C)cc(C)cc2C)c(C)c1.[CH3+].[CH3-].[Ni]. The number of benzene rings is 2. The summed E-state index contributed by atoms with van der Waals surface area (Å²) >= 11 is 3.64. The van der Waals surface area contributed by atoms with Crippen molar-refractivity contribution >= 4 is 45.0 Å². The number of rotatable bonds is 2. The van der Waals surface area contributed by atoms with Gasteiger partial charge >= 0.3 is 0 Å². The molecule has 0 unspecified atom stereocenters. The molecule has 160 valence electrons. The number of hydrogen-bond acceptors (Lipinski definition) is 4. The van der Waals surface area contributed by atoms with Crippen LogP contribution in [0.4, 0.5) is 11.4 Å². The third kappa shape index (κ3) is 6.67. The van der Waals surface area contributed by atoms with Gasteiger partial charge in [-0.15, -0.1) is 23.5 Å². The molecule has 0 aromatic heterocycles. The molecule has 1 fully saturated rings. The van der Waals surface area contributed by atoms with Crippen LogP contribution in [0.25, 0.3) is 0 Å². The van der Waals surface area contributed by atoms with Crippen molar-refractivity contribution in [2.45, 2.75) is 41.5 Å². The molecule has 2 nitrogen and oxygen atoms in total. The van der Waals surface area contributed by atoms with Gasteiger partial charge in [-0.3, -0.25) is 0 Å². The zero-order chi connectivity index (χ0) is 18.8. The quantitative estimate of drug-likeness (QED) is 0.332. The first kappa shape index (κ1) is 27.8. The number of nitrogens with zero attached hydrogens (tertiary/aromatic N) is 2. The van der Waals surface area contributed by atoms with Gasteiger partial charge in [-0.05, 0) is 63.8 Å². The maximum Gasteiger partial charge on any atom is 0.129 e.